The molecule has 0 bridgehead atoms. The van der Waals surface area contributed by atoms with Crippen LogP contribution in [-0.4, -0.2) is 16.8 Å². The summed E-state index contributed by atoms with van der Waals surface area (Å²) in [7, 11) is 0.358. The fourth-order valence-corrected chi connectivity index (χ4v) is 5.64. The van der Waals surface area contributed by atoms with E-state index in [9.17, 15) is 0 Å². The average molecular weight is 228 g/mol. The summed E-state index contributed by atoms with van der Waals surface area (Å²) in [6.07, 6.45) is 14.7. The predicted octanol–water partition coefficient (Wildman–Crippen LogP) is 4.70. The Kier molecular flexibility index (Phi) is 7.25. The molecule has 0 nitrogen and oxygen atoms in total. The number of allylic oxidation sites excluding steroid dienone is 2. The minimum absolute atomic E-state index is 0.358. The molecule has 0 saturated carbocycles. The monoisotopic (exact) mass is 228 g/mol. The van der Waals surface area contributed by atoms with Gasteiger partial charge >= 0.3 is 0 Å². The third-order valence-electron chi connectivity index (χ3n) is 3.36. The van der Waals surface area contributed by atoms with Crippen molar-refractivity contribution >= 4 is 10.9 Å². The van der Waals surface area contributed by atoms with Gasteiger partial charge in [0.1, 0.15) is 0 Å². The lowest BCUT2D eigenvalue weighted by Crippen LogP contribution is -2.14. The highest BCUT2D eigenvalue weighted by molar-refractivity contribution is 8.17. The van der Waals surface area contributed by atoms with Gasteiger partial charge in [0.05, 0.1) is 0 Å². The SMILES string of the molecule is CCCC[SH](CCCC)C1CC=CCC1. The van der Waals surface area contributed by atoms with Crippen LogP contribution in [0.3, 0.4) is 0 Å². The van der Waals surface area contributed by atoms with Crippen molar-refractivity contribution in [3.63, 3.8) is 0 Å². The summed E-state index contributed by atoms with van der Waals surface area (Å²) < 4.78 is 0. The van der Waals surface area contributed by atoms with E-state index in [1.165, 1.54) is 44.9 Å². The lowest BCUT2D eigenvalue weighted by Gasteiger charge is -2.32. The summed E-state index contributed by atoms with van der Waals surface area (Å²) in [5, 5.41) is 1.07. The number of rotatable bonds is 7. The Morgan fingerprint density at radius 1 is 1.07 bits per heavy atom. The fraction of sp³-hybridized carbons (Fsp3) is 0.857. The third-order valence-corrected chi connectivity index (χ3v) is 6.64. The van der Waals surface area contributed by atoms with E-state index in [4.69, 9.17) is 0 Å². The Morgan fingerprint density at radius 3 is 2.20 bits per heavy atom. The van der Waals surface area contributed by atoms with Gasteiger partial charge in [-0.2, -0.15) is 0 Å². The second-order valence-electron chi connectivity index (χ2n) is 4.68. The summed E-state index contributed by atoms with van der Waals surface area (Å²) >= 11 is 0. The van der Waals surface area contributed by atoms with Gasteiger partial charge in [0.25, 0.3) is 0 Å². The lowest BCUT2D eigenvalue weighted by molar-refractivity contribution is 0.735. The van der Waals surface area contributed by atoms with Gasteiger partial charge in [-0.05, 0) is 48.9 Å². The lowest BCUT2D eigenvalue weighted by atomic mass is 10.1. The number of unbranched alkanes of at least 4 members (excludes halogenated alkanes) is 2. The number of hydrogen-bond donors (Lipinski definition) is 1. The zero-order valence-corrected chi connectivity index (χ0v) is 11.4. The summed E-state index contributed by atoms with van der Waals surface area (Å²) in [5.41, 5.74) is 0. The van der Waals surface area contributed by atoms with Gasteiger partial charge < -0.3 is 0 Å². The van der Waals surface area contributed by atoms with Crippen LogP contribution in [0.1, 0.15) is 58.8 Å². The smallest absolute Gasteiger partial charge is 0.00992 e. The van der Waals surface area contributed by atoms with E-state index in [1.54, 1.807) is 11.5 Å². The first-order valence-corrected chi connectivity index (χ1v) is 8.55. The number of thiol groups is 1. The largest absolute Gasteiger partial charge is 0.250 e. The van der Waals surface area contributed by atoms with Crippen molar-refractivity contribution < 1.29 is 0 Å². The second-order valence-corrected chi connectivity index (χ2v) is 7.48. The molecular formula is C14H28S. The van der Waals surface area contributed by atoms with Crippen molar-refractivity contribution in [2.45, 2.75) is 64.0 Å². The zero-order chi connectivity index (χ0) is 10.9. The minimum Gasteiger partial charge on any atom is -0.250 e. The highest BCUT2D eigenvalue weighted by atomic mass is 32.2. The van der Waals surface area contributed by atoms with Crippen molar-refractivity contribution in [1.82, 2.24) is 0 Å². The molecule has 1 atom stereocenters. The Hall–Kier alpha value is 0.0900. The Balaban J connectivity index is 2.35. The van der Waals surface area contributed by atoms with Gasteiger partial charge in [-0.15, -0.1) is 0 Å². The molecule has 0 spiro atoms. The molecule has 90 valence electrons. The van der Waals surface area contributed by atoms with E-state index >= 15 is 0 Å². The van der Waals surface area contributed by atoms with Crippen LogP contribution in [0, 0.1) is 0 Å². The van der Waals surface area contributed by atoms with Crippen LogP contribution in [0.25, 0.3) is 0 Å². The van der Waals surface area contributed by atoms with Crippen molar-refractivity contribution in [2.24, 2.45) is 0 Å². The first-order valence-electron chi connectivity index (χ1n) is 6.77. The van der Waals surface area contributed by atoms with Crippen LogP contribution in [0.2, 0.25) is 0 Å². The maximum Gasteiger partial charge on any atom is -0.00992 e. The first-order chi connectivity index (χ1) is 7.38. The Bertz CT molecular complexity index is 166. The van der Waals surface area contributed by atoms with Gasteiger partial charge in [-0.3, -0.25) is 10.9 Å². The molecule has 0 amide bonds. The molecule has 0 N–H and O–H groups in total. The molecule has 1 unspecified atom stereocenters. The zero-order valence-electron chi connectivity index (χ0n) is 10.5. The van der Waals surface area contributed by atoms with Gasteiger partial charge in [0, 0.05) is 0 Å². The minimum atomic E-state index is 0.358. The van der Waals surface area contributed by atoms with Gasteiger partial charge in [-0.1, -0.05) is 38.8 Å². The van der Waals surface area contributed by atoms with Crippen molar-refractivity contribution in [2.75, 3.05) is 11.5 Å². The van der Waals surface area contributed by atoms with E-state index < -0.39 is 0 Å². The van der Waals surface area contributed by atoms with Crippen molar-refractivity contribution in [1.29, 1.82) is 0 Å². The van der Waals surface area contributed by atoms with Crippen LogP contribution in [0.5, 0.6) is 0 Å². The molecular weight excluding hydrogens is 200 g/mol. The summed E-state index contributed by atoms with van der Waals surface area (Å²) in [6.45, 7) is 4.65. The van der Waals surface area contributed by atoms with Crippen LogP contribution in [-0.2, 0) is 0 Å². The Morgan fingerprint density at radius 2 is 1.73 bits per heavy atom. The molecule has 0 saturated heterocycles. The van der Waals surface area contributed by atoms with E-state index in [2.05, 4.69) is 26.0 Å². The highest BCUT2D eigenvalue weighted by Crippen LogP contribution is 2.40. The highest BCUT2D eigenvalue weighted by Gasteiger charge is 2.17. The Labute approximate surface area is 98.9 Å². The molecule has 1 heteroatoms. The van der Waals surface area contributed by atoms with Crippen LogP contribution < -0.4 is 0 Å². The second kappa shape index (κ2) is 8.27. The third kappa shape index (κ3) is 5.10. The molecule has 15 heavy (non-hydrogen) atoms. The summed E-state index contributed by atoms with van der Waals surface area (Å²) in [5.74, 6) is 3.09. The quantitative estimate of drug-likeness (QED) is 0.474. The number of hydrogen-bond acceptors (Lipinski definition) is 0. The van der Waals surface area contributed by atoms with Crippen LogP contribution in [0.15, 0.2) is 12.2 Å². The predicted molar refractivity (Wildman–Crippen MR) is 75.3 cm³/mol. The van der Waals surface area contributed by atoms with E-state index in [0.29, 0.717) is 10.9 Å². The van der Waals surface area contributed by atoms with Crippen molar-refractivity contribution in [3.05, 3.63) is 12.2 Å². The summed E-state index contributed by atoms with van der Waals surface area (Å²) in [4.78, 5) is 0. The molecule has 1 rings (SSSR count). The first kappa shape index (κ1) is 13.2. The molecule has 0 heterocycles. The molecule has 1 aliphatic rings. The maximum absolute atomic E-state index is 2.43. The normalized spacial score (nSPS) is 21.7. The molecule has 0 aromatic rings. The molecule has 0 aliphatic heterocycles. The van der Waals surface area contributed by atoms with Gasteiger partial charge in [0.15, 0.2) is 0 Å². The molecule has 0 aromatic heterocycles. The average Bonchev–Trinajstić information content (AvgIpc) is 2.30. The van der Waals surface area contributed by atoms with E-state index in [1.807, 2.05) is 0 Å². The molecule has 0 radical (unpaired) electrons. The van der Waals surface area contributed by atoms with Crippen molar-refractivity contribution in [3.8, 4) is 0 Å². The van der Waals surface area contributed by atoms with Crippen LogP contribution >= 0.6 is 10.9 Å². The van der Waals surface area contributed by atoms with E-state index in [0.717, 1.165) is 5.25 Å². The molecule has 0 aromatic carbocycles. The van der Waals surface area contributed by atoms with Gasteiger partial charge in [-0.25, -0.2) is 0 Å². The summed E-state index contributed by atoms with van der Waals surface area (Å²) in [6, 6.07) is 0. The maximum atomic E-state index is 2.43. The molecule has 0 fully saturated rings. The van der Waals surface area contributed by atoms with Gasteiger partial charge in [0.2, 0.25) is 0 Å². The fourth-order valence-electron chi connectivity index (χ4n) is 2.31. The standard InChI is InChI=1S/C14H28S/c1-3-5-12-15(13-6-4-2)14-10-8-7-9-11-14/h7-8,14-15H,3-6,9-13H2,1-2H3. The topological polar surface area (TPSA) is 0 Å². The van der Waals surface area contributed by atoms with E-state index in [-0.39, 0.29) is 0 Å². The van der Waals surface area contributed by atoms with Crippen LogP contribution in [0.4, 0.5) is 0 Å². The molecule has 1 aliphatic carbocycles.